The van der Waals surface area contributed by atoms with E-state index in [2.05, 4.69) is 10.6 Å². The van der Waals surface area contributed by atoms with E-state index in [1.54, 1.807) is 11.7 Å². The number of anilines is 1. The fourth-order valence-electron chi connectivity index (χ4n) is 4.00. The van der Waals surface area contributed by atoms with Gasteiger partial charge >= 0.3 is 6.03 Å². The Kier molecular flexibility index (Phi) is 4.25. The van der Waals surface area contributed by atoms with Gasteiger partial charge in [-0.1, -0.05) is 48.5 Å². The van der Waals surface area contributed by atoms with Crippen LogP contribution in [0.2, 0.25) is 0 Å². The Morgan fingerprint density at radius 2 is 1.57 bits per heavy atom. The Balaban J connectivity index is 1.83. The first-order valence-corrected chi connectivity index (χ1v) is 9.62. The van der Waals surface area contributed by atoms with Gasteiger partial charge in [-0.05, 0) is 35.9 Å². The lowest BCUT2D eigenvalue weighted by molar-refractivity contribution is 0.249. The number of fused-ring (bicyclic) bond motifs is 3. The van der Waals surface area contributed by atoms with E-state index in [1.165, 1.54) is 0 Å². The third kappa shape index (κ3) is 2.81. The number of carbonyl (C=O) groups excluding carboxylic acids is 1. The topological polar surface area (TPSA) is 72.4 Å². The molecule has 1 unspecified atom stereocenters. The summed E-state index contributed by atoms with van der Waals surface area (Å²) >= 11 is 0. The Morgan fingerprint density at radius 1 is 0.867 bits per heavy atom. The summed E-state index contributed by atoms with van der Waals surface area (Å²) in [5, 5.41) is 6.57. The van der Waals surface area contributed by atoms with E-state index < -0.39 is 6.04 Å². The zero-order valence-electron chi connectivity index (χ0n) is 16.3. The van der Waals surface area contributed by atoms with Crippen LogP contribution in [0.1, 0.15) is 17.2 Å². The highest BCUT2D eigenvalue weighted by atomic mass is 16.5. The highest BCUT2D eigenvalue weighted by Gasteiger charge is 2.31. The van der Waals surface area contributed by atoms with Gasteiger partial charge in [-0.25, -0.2) is 4.79 Å². The first kappa shape index (κ1) is 18.0. The standard InChI is InChI=1S/C24H19N3O3/c1-30-17-13-11-15(12-14-17)21-20-22(26-24(29)25-21)18-9-5-6-10-19(18)27(23(20)28)16-7-3-2-4-8-16/h2-14,21H,1H3,(H2,25,26,29). The van der Waals surface area contributed by atoms with Crippen LogP contribution in [-0.2, 0) is 0 Å². The SMILES string of the molecule is COc1ccc(C2NC(=O)Nc3c2c(=O)n(-c2ccccc2)c2ccccc32)cc1. The fraction of sp³-hybridized carbons (Fsp3) is 0.0833. The minimum absolute atomic E-state index is 0.178. The molecule has 5 rings (SSSR count). The smallest absolute Gasteiger partial charge is 0.320 e. The van der Waals surface area contributed by atoms with Gasteiger partial charge in [0.05, 0.1) is 29.9 Å². The van der Waals surface area contributed by atoms with E-state index in [9.17, 15) is 9.59 Å². The quantitative estimate of drug-likeness (QED) is 0.544. The molecule has 2 heterocycles. The van der Waals surface area contributed by atoms with E-state index >= 15 is 0 Å². The van der Waals surface area contributed by atoms with Crippen molar-refractivity contribution in [3.8, 4) is 11.4 Å². The molecule has 2 N–H and O–H groups in total. The normalized spacial score (nSPS) is 15.2. The van der Waals surface area contributed by atoms with Gasteiger partial charge in [0.15, 0.2) is 0 Å². The number of methoxy groups -OCH3 is 1. The molecule has 0 radical (unpaired) electrons. The van der Waals surface area contributed by atoms with Crippen molar-refractivity contribution in [2.75, 3.05) is 12.4 Å². The molecule has 4 aromatic rings. The maximum Gasteiger partial charge on any atom is 0.320 e. The molecule has 3 aromatic carbocycles. The second-order valence-corrected chi connectivity index (χ2v) is 7.09. The average Bonchev–Trinajstić information content (AvgIpc) is 2.79. The summed E-state index contributed by atoms with van der Waals surface area (Å²) in [6, 6.07) is 23.6. The van der Waals surface area contributed by atoms with Crippen LogP contribution in [0.5, 0.6) is 5.75 Å². The molecule has 1 aliphatic rings. The van der Waals surface area contributed by atoms with Crippen LogP contribution in [0.25, 0.3) is 16.6 Å². The maximum atomic E-state index is 13.8. The minimum Gasteiger partial charge on any atom is -0.497 e. The number of amides is 2. The minimum atomic E-state index is -0.577. The molecule has 30 heavy (non-hydrogen) atoms. The lowest BCUT2D eigenvalue weighted by Crippen LogP contribution is -2.43. The van der Waals surface area contributed by atoms with E-state index in [0.29, 0.717) is 17.0 Å². The number of nitrogens with zero attached hydrogens (tertiary/aromatic N) is 1. The van der Waals surface area contributed by atoms with Crippen molar-refractivity contribution in [2.45, 2.75) is 6.04 Å². The van der Waals surface area contributed by atoms with Gasteiger partial charge < -0.3 is 15.4 Å². The highest BCUT2D eigenvalue weighted by molar-refractivity contribution is 6.04. The largest absolute Gasteiger partial charge is 0.497 e. The van der Waals surface area contributed by atoms with Crippen LogP contribution in [0.3, 0.4) is 0 Å². The molecule has 0 spiro atoms. The summed E-state index contributed by atoms with van der Waals surface area (Å²) in [5.74, 6) is 0.708. The molecule has 0 saturated heterocycles. The second kappa shape index (κ2) is 7.08. The van der Waals surface area contributed by atoms with Gasteiger partial charge in [0, 0.05) is 11.1 Å². The van der Waals surface area contributed by atoms with Crippen molar-refractivity contribution in [1.82, 2.24) is 9.88 Å². The summed E-state index contributed by atoms with van der Waals surface area (Å²) < 4.78 is 6.94. The Morgan fingerprint density at radius 3 is 2.30 bits per heavy atom. The first-order chi connectivity index (χ1) is 14.7. The Hall–Kier alpha value is -4.06. The summed E-state index contributed by atoms with van der Waals surface area (Å²) in [4.78, 5) is 26.3. The third-order valence-corrected chi connectivity index (χ3v) is 5.38. The van der Waals surface area contributed by atoms with E-state index in [1.807, 2.05) is 78.9 Å². The molecule has 6 nitrogen and oxygen atoms in total. The predicted molar refractivity (Wildman–Crippen MR) is 117 cm³/mol. The molecule has 1 aromatic heterocycles. The Labute approximate surface area is 172 Å². The number of aromatic nitrogens is 1. The number of pyridine rings is 1. The van der Waals surface area contributed by atoms with Crippen molar-refractivity contribution in [3.63, 3.8) is 0 Å². The van der Waals surface area contributed by atoms with Gasteiger partial charge in [0.25, 0.3) is 5.56 Å². The molecule has 0 fully saturated rings. The van der Waals surface area contributed by atoms with Crippen molar-refractivity contribution in [1.29, 1.82) is 0 Å². The molecule has 148 valence electrons. The molecule has 1 atom stereocenters. The van der Waals surface area contributed by atoms with Crippen molar-refractivity contribution >= 4 is 22.6 Å². The van der Waals surface area contributed by atoms with Crippen molar-refractivity contribution in [3.05, 3.63) is 100 Å². The number of para-hydroxylation sites is 2. The van der Waals surface area contributed by atoms with Crippen LogP contribution in [0.4, 0.5) is 10.5 Å². The zero-order chi connectivity index (χ0) is 20.7. The van der Waals surface area contributed by atoms with Crippen LogP contribution in [0.15, 0.2) is 83.7 Å². The number of urea groups is 1. The zero-order valence-corrected chi connectivity index (χ0v) is 16.3. The molecule has 0 aliphatic carbocycles. The van der Waals surface area contributed by atoms with Crippen LogP contribution < -0.4 is 20.9 Å². The lowest BCUT2D eigenvalue weighted by Gasteiger charge is -2.29. The summed E-state index contributed by atoms with van der Waals surface area (Å²) in [6.07, 6.45) is 0. The van der Waals surface area contributed by atoms with E-state index in [-0.39, 0.29) is 11.6 Å². The van der Waals surface area contributed by atoms with E-state index in [4.69, 9.17) is 4.74 Å². The number of hydrogen-bond acceptors (Lipinski definition) is 3. The molecule has 0 bridgehead atoms. The van der Waals surface area contributed by atoms with Crippen LogP contribution in [-0.4, -0.2) is 17.7 Å². The van der Waals surface area contributed by atoms with Gasteiger partial charge in [0.2, 0.25) is 0 Å². The summed E-state index contributed by atoms with van der Waals surface area (Å²) in [6.45, 7) is 0. The summed E-state index contributed by atoms with van der Waals surface area (Å²) in [5.41, 5.74) is 3.19. The molecule has 6 heteroatoms. The third-order valence-electron chi connectivity index (χ3n) is 5.38. The van der Waals surface area contributed by atoms with Crippen LogP contribution in [0, 0.1) is 0 Å². The van der Waals surface area contributed by atoms with Crippen molar-refractivity contribution in [2.24, 2.45) is 0 Å². The molecule has 1 aliphatic heterocycles. The van der Waals surface area contributed by atoms with Gasteiger partial charge in [-0.2, -0.15) is 0 Å². The number of benzene rings is 3. The molecule has 0 saturated carbocycles. The fourth-order valence-corrected chi connectivity index (χ4v) is 4.00. The van der Waals surface area contributed by atoms with Crippen LogP contribution >= 0.6 is 0 Å². The molecule has 2 amide bonds. The average molecular weight is 397 g/mol. The molecular formula is C24H19N3O3. The highest BCUT2D eigenvalue weighted by Crippen LogP contribution is 2.35. The number of hydrogen-bond donors (Lipinski definition) is 2. The first-order valence-electron chi connectivity index (χ1n) is 9.62. The Bertz CT molecular complexity index is 1310. The lowest BCUT2D eigenvalue weighted by atomic mass is 9.94. The number of ether oxygens (including phenoxy) is 1. The van der Waals surface area contributed by atoms with Gasteiger partial charge in [0.1, 0.15) is 5.75 Å². The van der Waals surface area contributed by atoms with E-state index in [0.717, 1.165) is 22.2 Å². The monoisotopic (exact) mass is 397 g/mol. The summed E-state index contributed by atoms with van der Waals surface area (Å²) in [7, 11) is 1.60. The van der Waals surface area contributed by atoms with Crippen molar-refractivity contribution < 1.29 is 9.53 Å². The number of nitrogens with one attached hydrogen (secondary N) is 2. The van der Waals surface area contributed by atoms with Gasteiger partial charge in [-0.3, -0.25) is 9.36 Å². The molecular weight excluding hydrogens is 378 g/mol. The van der Waals surface area contributed by atoms with Gasteiger partial charge in [-0.15, -0.1) is 0 Å². The maximum absolute atomic E-state index is 13.8. The second-order valence-electron chi connectivity index (χ2n) is 7.09. The predicted octanol–water partition coefficient (Wildman–Crippen LogP) is 4.22. The number of rotatable bonds is 3. The number of carbonyl (C=O) groups is 1.